The van der Waals surface area contributed by atoms with Crippen LogP contribution in [-0.4, -0.2) is 31.7 Å². The topological polar surface area (TPSA) is 66.5 Å². The van der Waals surface area contributed by atoms with Gasteiger partial charge in [-0.1, -0.05) is 19.1 Å². The fourth-order valence-corrected chi connectivity index (χ4v) is 4.75. The zero-order chi connectivity index (χ0) is 19.6. The van der Waals surface area contributed by atoms with E-state index in [4.69, 9.17) is 0 Å². The lowest BCUT2D eigenvalue weighted by atomic mass is 10.0. The third-order valence-electron chi connectivity index (χ3n) is 5.34. The van der Waals surface area contributed by atoms with E-state index in [1.54, 1.807) is 34.6 Å². The molecule has 0 spiro atoms. The SMILES string of the molecule is Cc1cccc(C(=O)Nc2ccc(S(=O)(=O)N3CCC(C)CC3)cc2)c1C. The van der Waals surface area contributed by atoms with Gasteiger partial charge in [0.15, 0.2) is 0 Å². The maximum atomic E-state index is 12.8. The van der Waals surface area contributed by atoms with Crippen molar-refractivity contribution in [3.63, 3.8) is 0 Å². The molecule has 1 saturated heterocycles. The molecule has 0 radical (unpaired) electrons. The average Bonchev–Trinajstić information content (AvgIpc) is 2.64. The van der Waals surface area contributed by atoms with Gasteiger partial charge in [-0.2, -0.15) is 4.31 Å². The van der Waals surface area contributed by atoms with E-state index < -0.39 is 10.0 Å². The highest BCUT2D eigenvalue weighted by atomic mass is 32.2. The predicted octanol–water partition coefficient (Wildman–Crippen LogP) is 3.98. The van der Waals surface area contributed by atoms with Crippen molar-refractivity contribution >= 4 is 21.6 Å². The Labute approximate surface area is 161 Å². The lowest BCUT2D eigenvalue weighted by Crippen LogP contribution is -2.37. The number of piperidine rings is 1. The zero-order valence-electron chi connectivity index (χ0n) is 16.0. The molecule has 1 aliphatic rings. The molecule has 2 aromatic rings. The number of nitrogens with one attached hydrogen (secondary N) is 1. The van der Waals surface area contributed by atoms with Crippen molar-refractivity contribution in [3.05, 3.63) is 59.2 Å². The van der Waals surface area contributed by atoms with Gasteiger partial charge in [-0.05, 0) is 74.1 Å². The third-order valence-corrected chi connectivity index (χ3v) is 7.25. The van der Waals surface area contributed by atoms with E-state index in [0.29, 0.717) is 30.3 Å². The first-order valence-corrected chi connectivity index (χ1v) is 10.7. The fourth-order valence-electron chi connectivity index (χ4n) is 3.28. The fraction of sp³-hybridized carbons (Fsp3) is 0.381. The molecule has 0 aromatic heterocycles. The molecule has 1 amide bonds. The Hall–Kier alpha value is -2.18. The summed E-state index contributed by atoms with van der Waals surface area (Å²) < 4.78 is 27.1. The van der Waals surface area contributed by atoms with Crippen molar-refractivity contribution in [1.82, 2.24) is 4.31 Å². The number of amides is 1. The van der Waals surface area contributed by atoms with Crippen molar-refractivity contribution in [2.75, 3.05) is 18.4 Å². The molecule has 1 N–H and O–H groups in total. The quantitative estimate of drug-likeness (QED) is 0.864. The van der Waals surface area contributed by atoms with Gasteiger partial charge < -0.3 is 5.32 Å². The summed E-state index contributed by atoms with van der Waals surface area (Å²) in [6, 6.07) is 12.0. The Morgan fingerprint density at radius 3 is 2.30 bits per heavy atom. The van der Waals surface area contributed by atoms with E-state index in [0.717, 1.165) is 24.0 Å². The zero-order valence-corrected chi connectivity index (χ0v) is 16.8. The summed E-state index contributed by atoms with van der Waals surface area (Å²) in [4.78, 5) is 12.8. The molecule has 0 bridgehead atoms. The molecule has 1 heterocycles. The Morgan fingerprint density at radius 1 is 1.04 bits per heavy atom. The van der Waals surface area contributed by atoms with Gasteiger partial charge in [-0.25, -0.2) is 8.42 Å². The van der Waals surface area contributed by atoms with Crippen LogP contribution in [0, 0.1) is 19.8 Å². The largest absolute Gasteiger partial charge is 0.322 e. The molecule has 0 saturated carbocycles. The Balaban J connectivity index is 1.73. The summed E-state index contributed by atoms with van der Waals surface area (Å²) in [5.74, 6) is 0.371. The van der Waals surface area contributed by atoms with E-state index in [1.807, 2.05) is 26.0 Å². The van der Waals surface area contributed by atoms with Crippen molar-refractivity contribution in [1.29, 1.82) is 0 Å². The Bertz CT molecular complexity index is 928. The van der Waals surface area contributed by atoms with Crippen LogP contribution in [0.2, 0.25) is 0 Å². The van der Waals surface area contributed by atoms with Gasteiger partial charge in [0.05, 0.1) is 4.90 Å². The van der Waals surface area contributed by atoms with Crippen LogP contribution >= 0.6 is 0 Å². The number of carbonyl (C=O) groups is 1. The van der Waals surface area contributed by atoms with Crippen molar-refractivity contribution in [2.24, 2.45) is 5.92 Å². The van der Waals surface area contributed by atoms with Crippen molar-refractivity contribution < 1.29 is 13.2 Å². The molecule has 0 aliphatic carbocycles. The molecule has 0 atom stereocenters. The number of nitrogens with zero attached hydrogens (tertiary/aromatic N) is 1. The first kappa shape index (κ1) is 19.6. The van der Waals surface area contributed by atoms with Crippen LogP contribution in [0.4, 0.5) is 5.69 Å². The summed E-state index contributed by atoms with van der Waals surface area (Å²) in [7, 11) is -3.47. The normalized spacial score (nSPS) is 16.3. The highest BCUT2D eigenvalue weighted by Crippen LogP contribution is 2.24. The van der Waals surface area contributed by atoms with Gasteiger partial charge in [0.1, 0.15) is 0 Å². The van der Waals surface area contributed by atoms with Crippen LogP contribution in [0.3, 0.4) is 0 Å². The molecule has 3 rings (SSSR count). The molecule has 5 nitrogen and oxygen atoms in total. The van der Waals surface area contributed by atoms with Gasteiger partial charge in [0, 0.05) is 24.3 Å². The molecule has 144 valence electrons. The van der Waals surface area contributed by atoms with Gasteiger partial charge >= 0.3 is 0 Å². The Kier molecular flexibility index (Phi) is 5.67. The van der Waals surface area contributed by atoms with Crippen LogP contribution in [-0.2, 0) is 10.0 Å². The number of aryl methyl sites for hydroxylation is 1. The molecule has 0 unspecified atom stereocenters. The highest BCUT2D eigenvalue weighted by molar-refractivity contribution is 7.89. The van der Waals surface area contributed by atoms with Gasteiger partial charge in [0.2, 0.25) is 10.0 Å². The van der Waals surface area contributed by atoms with Crippen LogP contribution in [0.15, 0.2) is 47.4 Å². The minimum Gasteiger partial charge on any atom is -0.322 e. The summed E-state index contributed by atoms with van der Waals surface area (Å²) >= 11 is 0. The minimum absolute atomic E-state index is 0.197. The standard InChI is InChI=1S/C21H26N2O3S/c1-15-11-13-23(14-12-15)27(25,26)19-9-7-18(8-10-19)22-21(24)20-6-4-5-16(2)17(20)3/h4-10,15H,11-14H2,1-3H3,(H,22,24). The highest BCUT2D eigenvalue weighted by Gasteiger charge is 2.27. The summed E-state index contributed by atoms with van der Waals surface area (Å²) in [5, 5.41) is 2.84. The number of hydrogen-bond acceptors (Lipinski definition) is 3. The predicted molar refractivity (Wildman–Crippen MR) is 107 cm³/mol. The number of anilines is 1. The third kappa shape index (κ3) is 4.22. The van der Waals surface area contributed by atoms with Crippen LogP contribution in [0.1, 0.15) is 41.3 Å². The molecular formula is C21H26N2O3S. The second kappa shape index (κ2) is 7.82. The van der Waals surface area contributed by atoms with Gasteiger partial charge in [0.25, 0.3) is 5.91 Å². The van der Waals surface area contributed by atoms with Crippen molar-refractivity contribution in [2.45, 2.75) is 38.5 Å². The van der Waals surface area contributed by atoms with E-state index in [9.17, 15) is 13.2 Å². The maximum Gasteiger partial charge on any atom is 0.255 e. The number of sulfonamides is 1. The maximum absolute atomic E-state index is 12.8. The van der Waals surface area contributed by atoms with E-state index >= 15 is 0 Å². The number of rotatable bonds is 4. The molecule has 2 aromatic carbocycles. The lowest BCUT2D eigenvalue weighted by Gasteiger charge is -2.29. The molecule has 1 aliphatic heterocycles. The van der Waals surface area contributed by atoms with Gasteiger partial charge in [-0.15, -0.1) is 0 Å². The van der Waals surface area contributed by atoms with E-state index in [-0.39, 0.29) is 10.8 Å². The average molecular weight is 387 g/mol. The Morgan fingerprint density at radius 2 is 1.67 bits per heavy atom. The van der Waals surface area contributed by atoms with E-state index in [1.165, 1.54) is 0 Å². The summed E-state index contributed by atoms with van der Waals surface area (Å²) in [5.41, 5.74) is 3.19. The molecule has 1 fully saturated rings. The number of carbonyl (C=O) groups excluding carboxylic acids is 1. The number of benzene rings is 2. The monoisotopic (exact) mass is 386 g/mol. The smallest absolute Gasteiger partial charge is 0.255 e. The second-order valence-corrected chi connectivity index (χ2v) is 9.25. The summed E-state index contributed by atoms with van der Waals surface area (Å²) in [6.45, 7) is 7.16. The van der Waals surface area contributed by atoms with E-state index in [2.05, 4.69) is 12.2 Å². The molecular weight excluding hydrogens is 360 g/mol. The minimum atomic E-state index is -3.47. The lowest BCUT2D eigenvalue weighted by molar-refractivity contribution is 0.102. The second-order valence-electron chi connectivity index (χ2n) is 7.31. The van der Waals surface area contributed by atoms with Crippen LogP contribution in [0.5, 0.6) is 0 Å². The van der Waals surface area contributed by atoms with Crippen LogP contribution in [0.25, 0.3) is 0 Å². The van der Waals surface area contributed by atoms with Gasteiger partial charge in [-0.3, -0.25) is 4.79 Å². The summed E-state index contributed by atoms with van der Waals surface area (Å²) in [6.07, 6.45) is 1.78. The first-order chi connectivity index (χ1) is 12.8. The molecule has 27 heavy (non-hydrogen) atoms. The first-order valence-electron chi connectivity index (χ1n) is 9.27. The van der Waals surface area contributed by atoms with Crippen LogP contribution < -0.4 is 5.32 Å². The van der Waals surface area contributed by atoms with Crippen molar-refractivity contribution in [3.8, 4) is 0 Å². The number of hydrogen-bond donors (Lipinski definition) is 1. The molecule has 6 heteroatoms.